The average molecular weight is 244 g/mol. The molecule has 0 aliphatic heterocycles. The van der Waals surface area contributed by atoms with E-state index in [1.54, 1.807) is 0 Å². The van der Waals surface area contributed by atoms with Gasteiger partial charge in [-0.15, -0.1) is 0 Å². The number of ether oxygens (including phenoxy) is 1. The predicted molar refractivity (Wildman–Crippen MR) is 70.8 cm³/mol. The van der Waals surface area contributed by atoms with Crippen molar-refractivity contribution in [3.05, 3.63) is 0 Å². The zero-order chi connectivity index (χ0) is 13.1. The fourth-order valence-electron chi connectivity index (χ4n) is 1.50. The van der Waals surface area contributed by atoms with Crippen LogP contribution in [0.25, 0.3) is 0 Å². The summed E-state index contributed by atoms with van der Waals surface area (Å²) in [4.78, 5) is 11.5. The highest BCUT2D eigenvalue weighted by molar-refractivity contribution is 5.76. The van der Waals surface area contributed by atoms with Gasteiger partial charge in [0.1, 0.15) is 0 Å². The van der Waals surface area contributed by atoms with Gasteiger partial charge in [-0.2, -0.15) is 0 Å². The number of nitrogens with one attached hydrogen (secondary N) is 1. The van der Waals surface area contributed by atoms with Gasteiger partial charge in [0.2, 0.25) is 5.91 Å². The Hall–Kier alpha value is -0.610. The third-order valence-electron chi connectivity index (χ3n) is 2.73. The summed E-state index contributed by atoms with van der Waals surface area (Å²) in [5.74, 6) is 0.436. The molecular weight excluding hydrogens is 216 g/mol. The lowest BCUT2D eigenvalue weighted by molar-refractivity contribution is -0.122. The minimum absolute atomic E-state index is 0.118. The van der Waals surface area contributed by atoms with E-state index in [4.69, 9.17) is 10.5 Å². The van der Waals surface area contributed by atoms with E-state index in [-0.39, 0.29) is 5.91 Å². The highest BCUT2D eigenvalue weighted by Crippen LogP contribution is 2.05. The minimum atomic E-state index is 0.118. The average Bonchev–Trinajstić information content (AvgIpc) is 2.30. The van der Waals surface area contributed by atoms with Crippen LogP contribution in [0.5, 0.6) is 0 Å². The molecule has 0 aliphatic rings. The van der Waals surface area contributed by atoms with Crippen molar-refractivity contribution < 1.29 is 9.53 Å². The standard InChI is InChI=1S/C13H28N2O2/c1-4-12(10-14)9-13(16)15-7-5-6-8-17-11(2)3/h11-12H,4-10,14H2,1-3H3,(H,15,16). The molecule has 1 unspecified atom stereocenters. The van der Waals surface area contributed by atoms with Crippen LogP contribution in [0, 0.1) is 5.92 Å². The first kappa shape index (κ1) is 16.4. The molecule has 3 N–H and O–H groups in total. The third kappa shape index (κ3) is 10.3. The Balaban J connectivity index is 3.39. The van der Waals surface area contributed by atoms with E-state index in [0.717, 1.165) is 32.4 Å². The second-order valence-corrected chi connectivity index (χ2v) is 4.69. The molecule has 0 aliphatic carbocycles. The van der Waals surface area contributed by atoms with Crippen molar-refractivity contribution in [2.45, 2.75) is 52.6 Å². The molecule has 0 radical (unpaired) electrons. The van der Waals surface area contributed by atoms with Crippen LogP contribution in [-0.2, 0) is 9.53 Å². The number of amides is 1. The molecule has 0 saturated heterocycles. The molecule has 17 heavy (non-hydrogen) atoms. The number of hydrogen-bond donors (Lipinski definition) is 2. The number of unbranched alkanes of at least 4 members (excludes halogenated alkanes) is 1. The van der Waals surface area contributed by atoms with E-state index >= 15 is 0 Å². The van der Waals surface area contributed by atoms with E-state index in [9.17, 15) is 4.79 Å². The van der Waals surface area contributed by atoms with Gasteiger partial charge in [-0.05, 0) is 39.2 Å². The van der Waals surface area contributed by atoms with Crippen LogP contribution < -0.4 is 11.1 Å². The van der Waals surface area contributed by atoms with Gasteiger partial charge in [0.25, 0.3) is 0 Å². The molecule has 0 aromatic rings. The molecule has 0 saturated carbocycles. The van der Waals surface area contributed by atoms with Gasteiger partial charge < -0.3 is 15.8 Å². The lowest BCUT2D eigenvalue weighted by Crippen LogP contribution is -2.28. The molecule has 1 amide bonds. The zero-order valence-corrected chi connectivity index (χ0v) is 11.5. The molecule has 0 heterocycles. The van der Waals surface area contributed by atoms with Crippen molar-refractivity contribution in [3.63, 3.8) is 0 Å². The van der Waals surface area contributed by atoms with E-state index in [1.807, 2.05) is 13.8 Å². The number of carbonyl (C=O) groups is 1. The molecule has 0 aromatic carbocycles. The molecule has 4 nitrogen and oxygen atoms in total. The Labute approximate surface area is 105 Å². The van der Waals surface area contributed by atoms with E-state index in [2.05, 4.69) is 12.2 Å². The smallest absolute Gasteiger partial charge is 0.220 e. The lowest BCUT2D eigenvalue weighted by Gasteiger charge is -2.12. The molecule has 102 valence electrons. The monoisotopic (exact) mass is 244 g/mol. The van der Waals surface area contributed by atoms with Crippen LogP contribution >= 0.6 is 0 Å². The lowest BCUT2D eigenvalue weighted by atomic mass is 10.0. The summed E-state index contributed by atoms with van der Waals surface area (Å²) in [5, 5.41) is 2.92. The maximum absolute atomic E-state index is 11.5. The maximum atomic E-state index is 11.5. The summed E-state index contributed by atoms with van der Waals surface area (Å²) in [6.45, 7) is 8.22. The predicted octanol–water partition coefficient (Wildman–Crippen LogP) is 1.68. The van der Waals surface area contributed by atoms with Crippen LogP contribution in [-0.4, -0.2) is 31.7 Å². The van der Waals surface area contributed by atoms with E-state index in [0.29, 0.717) is 25.0 Å². The van der Waals surface area contributed by atoms with Crippen LogP contribution in [0.1, 0.15) is 46.5 Å². The molecule has 0 rings (SSSR count). The fourth-order valence-corrected chi connectivity index (χ4v) is 1.50. The Morgan fingerprint density at radius 2 is 2.06 bits per heavy atom. The summed E-state index contributed by atoms with van der Waals surface area (Å²) in [5.41, 5.74) is 5.56. The first-order valence-corrected chi connectivity index (χ1v) is 6.68. The summed E-state index contributed by atoms with van der Waals surface area (Å²) in [6.07, 6.45) is 3.77. The number of nitrogens with two attached hydrogens (primary N) is 1. The van der Waals surface area contributed by atoms with Gasteiger partial charge >= 0.3 is 0 Å². The molecule has 0 spiro atoms. The highest BCUT2D eigenvalue weighted by atomic mass is 16.5. The quantitative estimate of drug-likeness (QED) is 0.575. The normalized spacial score (nSPS) is 12.8. The largest absolute Gasteiger partial charge is 0.379 e. The van der Waals surface area contributed by atoms with Crippen molar-refractivity contribution in [1.82, 2.24) is 5.32 Å². The van der Waals surface area contributed by atoms with Crippen molar-refractivity contribution in [1.29, 1.82) is 0 Å². The van der Waals surface area contributed by atoms with Gasteiger partial charge in [0, 0.05) is 19.6 Å². The van der Waals surface area contributed by atoms with Gasteiger partial charge in [-0.1, -0.05) is 13.3 Å². The second-order valence-electron chi connectivity index (χ2n) is 4.69. The second kappa shape index (κ2) is 10.5. The van der Waals surface area contributed by atoms with Crippen molar-refractivity contribution >= 4 is 5.91 Å². The number of rotatable bonds is 10. The van der Waals surface area contributed by atoms with Gasteiger partial charge in [-0.25, -0.2) is 0 Å². The van der Waals surface area contributed by atoms with Crippen LogP contribution in [0.3, 0.4) is 0 Å². The summed E-state index contributed by atoms with van der Waals surface area (Å²) in [7, 11) is 0. The minimum Gasteiger partial charge on any atom is -0.379 e. The Morgan fingerprint density at radius 3 is 2.59 bits per heavy atom. The topological polar surface area (TPSA) is 64.4 Å². The Kier molecular flexibility index (Phi) is 10.2. The molecule has 1 atom stereocenters. The van der Waals surface area contributed by atoms with Crippen LogP contribution in [0.2, 0.25) is 0 Å². The van der Waals surface area contributed by atoms with Crippen LogP contribution in [0.4, 0.5) is 0 Å². The van der Waals surface area contributed by atoms with E-state index in [1.165, 1.54) is 0 Å². The maximum Gasteiger partial charge on any atom is 0.220 e. The van der Waals surface area contributed by atoms with E-state index < -0.39 is 0 Å². The molecule has 0 bridgehead atoms. The fraction of sp³-hybridized carbons (Fsp3) is 0.923. The first-order chi connectivity index (χ1) is 8.10. The highest BCUT2D eigenvalue weighted by Gasteiger charge is 2.09. The summed E-state index contributed by atoms with van der Waals surface area (Å²) < 4.78 is 5.42. The van der Waals surface area contributed by atoms with Crippen LogP contribution in [0.15, 0.2) is 0 Å². The van der Waals surface area contributed by atoms with Crippen molar-refractivity contribution in [2.75, 3.05) is 19.7 Å². The van der Waals surface area contributed by atoms with Crippen molar-refractivity contribution in [3.8, 4) is 0 Å². The zero-order valence-electron chi connectivity index (χ0n) is 11.5. The first-order valence-electron chi connectivity index (χ1n) is 6.68. The third-order valence-corrected chi connectivity index (χ3v) is 2.73. The SMILES string of the molecule is CCC(CN)CC(=O)NCCCCOC(C)C. The number of hydrogen-bond acceptors (Lipinski definition) is 3. The summed E-state index contributed by atoms with van der Waals surface area (Å²) in [6, 6.07) is 0. The Bertz CT molecular complexity index is 192. The van der Waals surface area contributed by atoms with Crippen molar-refractivity contribution in [2.24, 2.45) is 11.7 Å². The molecule has 0 fully saturated rings. The summed E-state index contributed by atoms with van der Waals surface area (Å²) >= 11 is 0. The van der Waals surface area contributed by atoms with Gasteiger partial charge in [0.15, 0.2) is 0 Å². The Morgan fingerprint density at radius 1 is 1.35 bits per heavy atom. The molecule has 0 aromatic heterocycles. The molecule has 4 heteroatoms. The molecular formula is C13H28N2O2. The van der Waals surface area contributed by atoms with Gasteiger partial charge in [0.05, 0.1) is 6.10 Å². The van der Waals surface area contributed by atoms with Gasteiger partial charge in [-0.3, -0.25) is 4.79 Å². The number of carbonyl (C=O) groups excluding carboxylic acids is 1.